The minimum absolute atomic E-state index is 0.137. The summed E-state index contributed by atoms with van der Waals surface area (Å²) in [6.07, 6.45) is 14.0. The SMILES string of the molecule is OC(CC(=S)C12CCC(CC1)C2)C12CCC(CC1)C2. The number of aliphatic hydroxyl groups is 1. The molecule has 1 nitrogen and oxygen atoms in total. The van der Waals surface area contributed by atoms with E-state index in [4.69, 9.17) is 12.2 Å². The Morgan fingerprint density at radius 2 is 1.58 bits per heavy atom. The van der Waals surface area contributed by atoms with Gasteiger partial charge in [-0.1, -0.05) is 12.2 Å². The lowest BCUT2D eigenvalue weighted by Gasteiger charge is -2.36. The molecule has 0 aliphatic heterocycles. The maximum Gasteiger partial charge on any atom is 0.0642 e. The summed E-state index contributed by atoms with van der Waals surface area (Å²) in [5.41, 5.74) is 0.635. The second-order valence-electron chi connectivity index (χ2n) is 8.08. The van der Waals surface area contributed by atoms with Crippen LogP contribution in [0.15, 0.2) is 0 Å². The van der Waals surface area contributed by atoms with E-state index in [9.17, 15) is 5.11 Å². The second kappa shape index (κ2) is 4.27. The molecule has 19 heavy (non-hydrogen) atoms. The largest absolute Gasteiger partial charge is 0.392 e. The van der Waals surface area contributed by atoms with Crippen LogP contribution in [0.1, 0.15) is 70.6 Å². The first-order valence-electron chi connectivity index (χ1n) is 8.33. The molecule has 0 aromatic rings. The van der Waals surface area contributed by atoms with E-state index < -0.39 is 0 Å². The van der Waals surface area contributed by atoms with E-state index in [2.05, 4.69) is 0 Å². The van der Waals surface area contributed by atoms with Crippen molar-refractivity contribution < 1.29 is 5.11 Å². The van der Waals surface area contributed by atoms with E-state index >= 15 is 0 Å². The van der Waals surface area contributed by atoms with Gasteiger partial charge >= 0.3 is 0 Å². The summed E-state index contributed by atoms with van der Waals surface area (Å²) in [5, 5.41) is 10.8. The Labute approximate surface area is 122 Å². The highest BCUT2D eigenvalue weighted by atomic mass is 32.1. The van der Waals surface area contributed by atoms with Crippen molar-refractivity contribution in [3.05, 3.63) is 0 Å². The van der Waals surface area contributed by atoms with Gasteiger partial charge in [0.15, 0.2) is 0 Å². The van der Waals surface area contributed by atoms with Gasteiger partial charge in [-0.2, -0.15) is 0 Å². The molecule has 1 unspecified atom stereocenters. The van der Waals surface area contributed by atoms with Crippen molar-refractivity contribution in [3.63, 3.8) is 0 Å². The fourth-order valence-electron chi connectivity index (χ4n) is 5.90. The van der Waals surface area contributed by atoms with Gasteiger partial charge in [-0.25, -0.2) is 0 Å². The first-order chi connectivity index (χ1) is 9.12. The smallest absolute Gasteiger partial charge is 0.0642 e. The summed E-state index contributed by atoms with van der Waals surface area (Å²) in [5.74, 6) is 1.87. The molecule has 1 atom stereocenters. The minimum Gasteiger partial charge on any atom is -0.392 e. The van der Waals surface area contributed by atoms with Crippen LogP contribution in [0.3, 0.4) is 0 Å². The number of thiocarbonyl (C=S) groups is 1. The van der Waals surface area contributed by atoms with Gasteiger partial charge in [-0.15, -0.1) is 0 Å². The molecule has 0 saturated heterocycles. The normalized spacial score (nSPS) is 48.9. The van der Waals surface area contributed by atoms with Crippen LogP contribution in [-0.4, -0.2) is 16.1 Å². The van der Waals surface area contributed by atoms with Crippen molar-refractivity contribution in [1.82, 2.24) is 0 Å². The van der Waals surface area contributed by atoms with E-state index in [1.54, 1.807) is 0 Å². The molecule has 0 radical (unpaired) electrons. The second-order valence-corrected chi connectivity index (χ2v) is 8.57. The maximum atomic E-state index is 10.8. The molecule has 0 heterocycles. The third-order valence-corrected chi connectivity index (χ3v) is 7.81. The first-order valence-corrected chi connectivity index (χ1v) is 8.74. The molecule has 0 spiro atoms. The molecule has 0 aromatic carbocycles. The minimum atomic E-state index is -0.137. The molecule has 0 aromatic heterocycles. The number of aliphatic hydroxyl groups excluding tert-OH is 1. The molecule has 1 N–H and O–H groups in total. The highest BCUT2D eigenvalue weighted by Crippen LogP contribution is 2.59. The van der Waals surface area contributed by atoms with Crippen LogP contribution in [-0.2, 0) is 0 Å². The van der Waals surface area contributed by atoms with E-state index in [0.29, 0.717) is 5.41 Å². The number of hydrogen-bond donors (Lipinski definition) is 1. The lowest BCUT2D eigenvalue weighted by molar-refractivity contribution is 0.0358. The number of hydrogen-bond acceptors (Lipinski definition) is 2. The Hall–Kier alpha value is 0.0500. The number of rotatable bonds is 4. The summed E-state index contributed by atoms with van der Waals surface area (Å²) < 4.78 is 0. The molecule has 106 valence electrons. The average Bonchev–Trinajstić information content (AvgIpc) is 3.19. The molecule has 4 fully saturated rings. The molecular formula is C17H26OS. The first kappa shape index (κ1) is 12.8. The fraction of sp³-hybridized carbons (Fsp3) is 0.941. The van der Waals surface area contributed by atoms with Gasteiger partial charge < -0.3 is 5.11 Å². The van der Waals surface area contributed by atoms with Gasteiger partial charge in [0.1, 0.15) is 0 Å². The van der Waals surface area contributed by atoms with Crippen molar-refractivity contribution >= 4 is 17.1 Å². The maximum absolute atomic E-state index is 10.8. The molecule has 4 bridgehead atoms. The highest BCUT2D eigenvalue weighted by molar-refractivity contribution is 7.80. The fourth-order valence-corrected chi connectivity index (χ4v) is 6.34. The third kappa shape index (κ3) is 1.86. The summed E-state index contributed by atoms with van der Waals surface area (Å²) in [6, 6.07) is 0. The van der Waals surface area contributed by atoms with Crippen molar-refractivity contribution in [1.29, 1.82) is 0 Å². The van der Waals surface area contributed by atoms with Gasteiger partial charge in [-0.05, 0) is 81.5 Å². The molecule has 4 saturated carbocycles. The average molecular weight is 278 g/mol. The van der Waals surface area contributed by atoms with Gasteiger partial charge in [0.2, 0.25) is 0 Å². The predicted molar refractivity (Wildman–Crippen MR) is 81.2 cm³/mol. The predicted octanol–water partition coefficient (Wildman–Crippen LogP) is 4.27. The van der Waals surface area contributed by atoms with Crippen LogP contribution in [0.5, 0.6) is 0 Å². The Morgan fingerprint density at radius 3 is 2.05 bits per heavy atom. The van der Waals surface area contributed by atoms with Crippen LogP contribution in [0.25, 0.3) is 0 Å². The lowest BCUT2D eigenvalue weighted by atomic mass is 9.73. The van der Waals surface area contributed by atoms with Crippen molar-refractivity contribution in [2.75, 3.05) is 0 Å². The van der Waals surface area contributed by atoms with Crippen LogP contribution >= 0.6 is 12.2 Å². The van der Waals surface area contributed by atoms with Crippen molar-refractivity contribution in [2.45, 2.75) is 76.7 Å². The van der Waals surface area contributed by atoms with E-state index in [0.717, 1.165) is 18.3 Å². The van der Waals surface area contributed by atoms with E-state index in [1.165, 1.54) is 69.1 Å². The van der Waals surface area contributed by atoms with Crippen LogP contribution in [0.4, 0.5) is 0 Å². The zero-order valence-electron chi connectivity index (χ0n) is 11.9. The molecular weight excluding hydrogens is 252 g/mol. The Bertz CT molecular complexity index is 386. The Morgan fingerprint density at radius 1 is 1.00 bits per heavy atom. The van der Waals surface area contributed by atoms with Crippen molar-refractivity contribution in [3.8, 4) is 0 Å². The quantitative estimate of drug-likeness (QED) is 0.775. The summed E-state index contributed by atoms with van der Waals surface area (Å²) in [4.78, 5) is 1.24. The highest BCUT2D eigenvalue weighted by Gasteiger charge is 2.52. The Kier molecular flexibility index (Phi) is 2.87. The molecule has 2 heteroatoms. The van der Waals surface area contributed by atoms with Gasteiger partial charge in [-0.3, -0.25) is 0 Å². The van der Waals surface area contributed by atoms with Crippen molar-refractivity contribution in [2.24, 2.45) is 22.7 Å². The third-order valence-electron chi connectivity index (χ3n) is 7.21. The summed E-state index contributed by atoms with van der Waals surface area (Å²) in [7, 11) is 0. The van der Waals surface area contributed by atoms with Crippen LogP contribution < -0.4 is 0 Å². The molecule has 4 rings (SSSR count). The zero-order valence-corrected chi connectivity index (χ0v) is 12.7. The molecule has 4 aliphatic carbocycles. The van der Waals surface area contributed by atoms with Gasteiger partial charge in [0.25, 0.3) is 0 Å². The zero-order chi connectivity index (χ0) is 13.1. The topological polar surface area (TPSA) is 20.2 Å². The standard InChI is InChI=1S/C17H26OS/c18-14(16-5-1-12(10-16)2-6-16)9-15(19)17-7-3-13(11-17)4-8-17/h12-14,18H,1-11H2. The monoisotopic (exact) mass is 278 g/mol. The molecule has 4 aliphatic rings. The van der Waals surface area contributed by atoms with E-state index in [1.807, 2.05) is 0 Å². The van der Waals surface area contributed by atoms with Crippen LogP contribution in [0, 0.1) is 22.7 Å². The summed E-state index contributed by atoms with van der Waals surface area (Å²) >= 11 is 5.81. The van der Waals surface area contributed by atoms with Crippen LogP contribution in [0.2, 0.25) is 0 Å². The van der Waals surface area contributed by atoms with Gasteiger partial charge in [0, 0.05) is 16.7 Å². The lowest BCUT2D eigenvalue weighted by Crippen LogP contribution is -2.36. The molecule has 0 amide bonds. The Balaban J connectivity index is 1.45. The summed E-state index contributed by atoms with van der Waals surface area (Å²) in [6.45, 7) is 0. The van der Waals surface area contributed by atoms with Gasteiger partial charge in [0.05, 0.1) is 6.10 Å². The van der Waals surface area contributed by atoms with E-state index in [-0.39, 0.29) is 11.5 Å². The number of fused-ring (bicyclic) bond motifs is 4.